The summed E-state index contributed by atoms with van der Waals surface area (Å²) in [5.74, 6) is 1.70. The van der Waals surface area contributed by atoms with Crippen molar-refractivity contribution in [2.45, 2.75) is 12.1 Å². The highest BCUT2D eigenvalue weighted by Crippen LogP contribution is 2.31. The Bertz CT molecular complexity index is 571. The first kappa shape index (κ1) is 14.0. The lowest BCUT2D eigenvalue weighted by Gasteiger charge is -2.05. The first-order valence-electron chi connectivity index (χ1n) is 5.72. The second kappa shape index (κ2) is 6.63. The third kappa shape index (κ3) is 3.75. The molecule has 19 heavy (non-hydrogen) atoms. The number of aromatic nitrogens is 2. The maximum absolute atomic E-state index is 5.69. The average Bonchev–Trinajstić information content (AvgIpc) is 2.86. The largest absolute Gasteiger partial charge is 0.493 e. The van der Waals surface area contributed by atoms with Crippen LogP contribution in [0.1, 0.15) is 6.92 Å². The number of ether oxygens (including phenoxy) is 1. The molecule has 0 amide bonds. The van der Waals surface area contributed by atoms with Gasteiger partial charge in [-0.1, -0.05) is 42.1 Å². The molecule has 0 aliphatic heterocycles. The molecule has 1 heterocycles. The van der Waals surface area contributed by atoms with Crippen LogP contribution in [0.25, 0.3) is 11.5 Å². The minimum Gasteiger partial charge on any atom is -0.493 e. The second-order valence-corrected chi connectivity index (χ2v) is 5.07. The summed E-state index contributed by atoms with van der Waals surface area (Å²) in [6.45, 7) is 6.12. The Kier molecular flexibility index (Phi) is 4.87. The lowest BCUT2D eigenvalue weighted by molar-refractivity contribution is 0.340. The van der Waals surface area contributed by atoms with E-state index in [0.717, 1.165) is 11.3 Å². The summed E-state index contributed by atoms with van der Waals surface area (Å²) in [5, 5.41) is 8.98. The van der Waals surface area contributed by atoms with Gasteiger partial charge in [-0.15, -0.1) is 10.2 Å². The van der Waals surface area contributed by atoms with Gasteiger partial charge in [0.2, 0.25) is 0 Å². The van der Waals surface area contributed by atoms with E-state index in [1.54, 1.807) is 0 Å². The summed E-state index contributed by atoms with van der Waals surface area (Å²) >= 11 is 7.04. The molecule has 2 rings (SSSR count). The maximum atomic E-state index is 5.69. The maximum Gasteiger partial charge on any atom is 0.277 e. The van der Waals surface area contributed by atoms with Crippen LogP contribution in [0, 0.1) is 0 Å². The molecule has 1 aromatic heterocycles. The van der Waals surface area contributed by atoms with Crippen molar-refractivity contribution in [1.29, 1.82) is 0 Å². The predicted octanol–water partition coefficient (Wildman–Crippen LogP) is 3.98. The quantitative estimate of drug-likeness (QED) is 0.755. The van der Waals surface area contributed by atoms with Crippen LogP contribution in [-0.4, -0.2) is 22.6 Å². The summed E-state index contributed by atoms with van der Waals surface area (Å²) in [7, 11) is 0. The van der Waals surface area contributed by atoms with Crippen molar-refractivity contribution in [3.05, 3.63) is 35.9 Å². The molecule has 0 bridgehead atoms. The van der Waals surface area contributed by atoms with Crippen molar-refractivity contribution < 1.29 is 9.15 Å². The highest BCUT2D eigenvalue weighted by atomic mass is 35.5. The number of halogens is 1. The van der Waals surface area contributed by atoms with Crippen LogP contribution in [0.15, 0.2) is 45.5 Å². The van der Waals surface area contributed by atoms with Crippen LogP contribution in [-0.2, 0) is 0 Å². The van der Waals surface area contributed by atoms with E-state index in [0.29, 0.717) is 28.5 Å². The first-order valence-corrected chi connectivity index (χ1v) is 7.09. The summed E-state index contributed by atoms with van der Waals surface area (Å²) < 4.78 is 11.1. The second-order valence-electron chi connectivity index (χ2n) is 3.61. The lowest BCUT2D eigenvalue weighted by atomic mass is 10.2. The summed E-state index contributed by atoms with van der Waals surface area (Å²) in [4.78, 5) is 0. The molecule has 0 atom stereocenters. The summed E-state index contributed by atoms with van der Waals surface area (Å²) in [6, 6.07) is 7.55. The van der Waals surface area contributed by atoms with Gasteiger partial charge < -0.3 is 9.15 Å². The molecule has 0 spiro atoms. The van der Waals surface area contributed by atoms with E-state index in [1.807, 2.05) is 31.2 Å². The number of benzene rings is 1. The van der Waals surface area contributed by atoms with Crippen molar-refractivity contribution in [2.24, 2.45) is 0 Å². The molecule has 6 heteroatoms. The molecule has 100 valence electrons. The van der Waals surface area contributed by atoms with Gasteiger partial charge in [0.05, 0.1) is 12.2 Å². The van der Waals surface area contributed by atoms with Gasteiger partial charge in [0.25, 0.3) is 11.1 Å². The van der Waals surface area contributed by atoms with Crippen LogP contribution < -0.4 is 4.74 Å². The molecule has 0 fully saturated rings. The Labute approximate surface area is 120 Å². The van der Waals surface area contributed by atoms with E-state index in [2.05, 4.69) is 16.8 Å². The molecule has 0 saturated carbocycles. The van der Waals surface area contributed by atoms with Gasteiger partial charge >= 0.3 is 0 Å². The number of nitrogens with zero attached hydrogens (tertiary/aromatic N) is 2. The Morgan fingerprint density at radius 1 is 1.42 bits per heavy atom. The monoisotopic (exact) mass is 296 g/mol. The third-order valence-corrected chi connectivity index (χ3v) is 3.37. The van der Waals surface area contributed by atoms with Crippen LogP contribution in [0.4, 0.5) is 0 Å². The highest BCUT2D eigenvalue weighted by molar-refractivity contribution is 7.99. The number of para-hydroxylation sites is 1. The zero-order chi connectivity index (χ0) is 13.7. The van der Waals surface area contributed by atoms with Crippen molar-refractivity contribution in [2.75, 3.05) is 12.4 Å². The number of thioether (sulfide) groups is 1. The average molecular weight is 297 g/mol. The van der Waals surface area contributed by atoms with E-state index in [1.165, 1.54) is 11.8 Å². The molecular weight excluding hydrogens is 284 g/mol. The predicted molar refractivity (Wildman–Crippen MR) is 76.6 cm³/mol. The van der Waals surface area contributed by atoms with Gasteiger partial charge in [-0.3, -0.25) is 0 Å². The van der Waals surface area contributed by atoms with Crippen molar-refractivity contribution in [3.63, 3.8) is 0 Å². The Morgan fingerprint density at radius 3 is 2.95 bits per heavy atom. The summed E-state index contributed by atoms with van der Waals surface area (Å²) in [5.41, 5.74) is 0.786. The SMILES string of the molecule is C=C(Cl)CSc1nnc(-c2ccccc2OCC)o1. The van der Waals surface area contributed by atoms with E-state index in [4.69, 9.17) is 20.8 Å². The molecule has 4 nitrogen and oxygen atoms in total. The molecule has 0 unspecified atom stereocenters. The van der Waals surface area contributed by atoms with Gasteiger partial charge in [0.15, 0.2) is 0 Å². The fraction of sp³-hybridized carbons (Fsp3) is 0.231. The molecular formula is C13H13ClN2O2S. The fourth-order valence-electron chi connectivity index (χ4n) is 1.44. The highest BCUT2D eigenvalue weighted by Gasteiger charge is 2.13. The van der Waals surface area contributed by atoms with Gasteiger partial charge in [0, 0.05) is 10.8 Å². The summed E-state index contributed by atoms with van der Waals surface area (Å²) in [6.07, 6.45) is 0. The molecule has 2 aromatic rings. The van der Waals surface area contributed by atoms with Gasteiger partial charge in [0.1, 0.15) is 5.75 Å². The van der Waals surface area contributed by atoms with Gasteiger partial charge in [-0.25, -0.2) is 0 Å². The number of hydrogen-bond acceptors (Lipinski definition) is 5. The van der Waals surface area contributed by atoms with Crippen LogP contribution in [0.3, 0.4) is 0 Å². The van der Waals surface area contributed by atoms with E-state index in [-0.39, 0.29) is 0 Å². The number of rotatable bonds is 6. The topological polar surface area (TPSA) is 48.2 Å². The van der Waals surface area contributed by atoms with Crippen molar-refractivity contribution in [3.8, 4) is 17.2 Å². The molecule has 0 saturated heterocycles. The fourth-order valence-corrected chi connectivity index (χ4v) is 2.12. The van der Waals surface area contributed by atoms with Crippen molar-refractivity contribution >= 4 is 23.4 Å². The Balaban J connectivity index is 2.20. The number of hydrogen-bond donors (Lipinski definition) is 0. The smallest absolute Gasteiger partial charge is 0.277 e. The normalized spacial score (nSPS) is 10.4. The van der Waals surface area contributed by atoms with Crippen LogP contribution in [0.5, 0.6) is 5.75 Å². The minimum absolute atomic E-state index is 0.437. The van der Waals surface area contributed by atoms with Crippen LogP contribution in [0.2, 0.25) is 0 Å². The molecule has 0 radical (unpaired) electrons. The van der Waals surface area contributed by atoms with E-state index >= 15 is 0 Å². The lowest BCUT2D eigenvalue weighted by Crippen LogP contribution is -1.93. The minimum atomic E-state index is 0.437. The van der Waals surface area contributed by atoms with E-state index in [9.17, 15) is 0 Å². The standard InChI is InChI=1S/C13H13ClN2O2S/c1-3-17-11-7-5-4-6-10(11)12-15-16-13(18-12)19-8-9(2)14/h4-7H,2-3,8H2,1H3. The molecule has 0 N–H and O–H groups in total. The zero-order valence-corrected chi connectivity index (χ0v) is 12.0. The van der Waals surface area contributed by atoms with Gasteiger partial charge in [-0.2, -0.15) is 0 Å². The Morgan fingerprint density at radius 2 is 2.21 bits per heavy atom. The van der Waals surface area contributed by atoms with Crippen molar-refractivity contribution in [1.82, 2.24) is 10.2 Å². The van der Waals surface area contributed by atoms with Crippen LogP contribution >= 0.6 is 23.4 Å². The Hall–Kier alpha value is -1.46. The third-order valence-electron chi connectivity index (χ3n) is 2.18. The first-order chi connectivity index (χ1) is 9.20. The van der Waals surface area contributed by atoms with E-state index < -0.39 is 0 Å². The molecule has 1 aromatic carbocycles. The molecule has 0 aliphatic carbocycles. The van der Waals surface area contributed by atoms with Gasteiger partial charge in [-0.05, 0) is 19.1 Å². The molecule has 0 aliphatic rings. The zero-order valence-electron chi connectivity index (χ0n) is 10.4.